The summed E-state index contributed by atoms with van der Waals surface area (Å²) in [4.78, 5) is 25.4. The van der Waals surface area contributed by atoms with Gasteiger partial charge >= 0.3 is 12.2 Å². The van der Waals surface area contributed by atoms with Gasteiger partial charge in [-0.05, 0) is 25.0 Å². The predicted molar refractivity (Wildman–Crippen MR) is 122 cm³/mol. The number of hydrogen-bond donors (Lipinski definition) is 0. The topological polar surface area (TPSA) is 54.3 Å². The number of carbonyl (C=O) groups is 1. The zero-order valence-electron chi connectivity index (χ0n) is 18.9. The highest BCUT2D eigenvalue weighted by atomic mass is 19.4. The Kier molecular flexibility index (Phi) is 5.58. The minimum absolute atomic E-state index is 0.213. The van der Waals surface area contributed by atoms with Crippen LogP contribution in [0.3, 0.4) is 0 Å². The molecule has 0 N–H and O–H groups in total. The second-order valence-electron chi connectivity index (χ2n) is 9.17. The molecule has 1 saturated heterocycles. The normalized spacial score (nSPS) is 18.2. The molecule has 1 saturated carbocycles. The molecule has 34 heavy (non-hydrogen) atoms. The first-order chi connectivity index (χ1) is 16.3. The number of anilines is 1. The van der Waals surface area contributed by atoms with Crippen LogP contribution in [-0.4, -0.2) is 37.5 Å². The number of urea groups is 1. The van der Waals surface area contributed by atoms with Gasteiger partial charge in [-0.25, -0.2) is 14.8 Å². The zero-order valence-corrected chi connectivity index (χ0v) is 18.9. The number of imidazole rings is 1. The van der Waals surface area contributed by atoms with Crippen molar-refractivity contribution in [1.29, 1.82) is 0 Å². The van der Waals surface area contributed by atoms with Gasteiger partial charge in [-0.2, -0.15) is 13.2 Å². The monoisotopic (exact) mass is 469 g/mol. The minimum atomic E-state index is -4.51. The zero-order chi connectivity index (χ0) is 23.9. The van der Waals surface area contributed by atoms with Gasteiger partial charge in [0.2, 0.25) is 0 Å². The molecule has 0 atom stereocenters. The van der Waals surface area contributed by atoms with Gasteiger partial charge < -0.3 is 9.47 Å². The molecule has 178 valence electrons. The van der Waals surface area contributed by atoms with E-state index < -0.39 is 11.9 Å². The van der Waals surface area contributed by atoms with Crippen LogP contribution in [0.5, 0.6) is 0 Å². The van der Waals surface area contributed by atoms with E-state index in [1.54, 1.807) is 4.90 Å². The average molecular weight is 470 g/mol. The van der Waals surface area contributed by atoms with E-state index in [9.17, 15) is 18.0 Å². The molecule has 2 fully saturated rings. The maximum Gasteiger partial charge on any atom is 0.433 e. The van der Waals surface area contributed by atoms with Crippen LogP contribution in [0.25, 0.3) is 11.4 Å². The number of alkyl halides is 3. The van der Waals surface area contributed by atoms with Crippen molar-refractivity contribution in [1.82, 2.24) is 19.4 Å². The van der Waals surface area contributed by atoms with E-state index in [0.717, 1.165) is 61.4 Å². The Balaban J connectivity index is 1.44. The average Bonchev–Trinajstić information content (AvgIpc) is 3.32. The fourth-order valence-electron chi connectivity index (χ4n) is 5.21. The van der Waals surface area contributed by atoms with E-state index in [4.69, 9.17) is 4.98 Å². The summed E-state index contributed by atoms with van der Waals surface area (Å²) < 4.78 is 40.8. The Bertz CT molecular complexity index is 1170. The van der Waals surface area contributed by atoms with Crippen molar-refractivity contribution < 1.29 is 18.0 Å². The summed E-state index contributed by atoms with van der Waals surface area (Å²) in [5.74, 6) is 0.823. The number of aryl methyl sites for hydroxylation is 1. The number of rotatable bonds is 4. The summed E-state index contributed by atoms with van der Waals surface area (Å²) in [6.07, 6.45) is 3.45. The first kappa shape index (κ1) is 22.4. The first-order valence-corrected chi connectivity index (χ1v) is 11.5. The number of halogens is 3. The summed E-state index contributed by atoms with van der Waals surface area (Å²) >= 11 is 0. The largest absolute Gasteiger partial charge is 0.433 e. The lowest BCUT2D eigenvalue weighted by Gasteiger charge is -2.39. The number of hydrogen-bond acceptors (Lipinski definition) is 3. The van der Waals surface area contributed by atoms with Crippen LogP contribution in [0, 0.1) is 0 Å². The second kappa shape index (κ2) is 8.45. The van der Waals surface area contributed by atoms with Gasteiger partial charge in [0.05, 0.1) is 36.2 Å². The highest BCUT2D eigenvalue weighted by Gasteiger charge is 2.50. The van der Waals surface area contributed by atoms with Gasteiger partial charge in [0.1, 0.15) is 11.5 Å². The Hall–Kier alpha value is -3.36. The summed E-state index contributed by atoms with van der Waals surface area (Å²) in [5.41, 5.74) is 0.842. The summed E-state index contributed by atoms with van der Waals surface area (Å²) in [7, 11) is 1.93. The summed E-state index contributed by atoms with van der Waals surface area (Å²) in [6.45, 7) is 0.793. The minimum Gasteiger partial charge on any atom is -0.334 e. The fraction of sp³-hybridized carbons (Fsp3) is 0.400. The molecule has 3 aromatic rings. The Labute approximate surface area is 196 Å². The second-order valence-corrected chi connectivity index (χ2v) is 9.17. The van der Waals surface area contributed by atoms with E-state index in [1.165, 1.54) is 6.07 Å². The number of pyridine rings is 1. The van der Waals surface area contributed by atoms with Crippen LogP contribution in [0.15, 0.2) is 54.9 Å². The maximum atomic E-state index is 13.6. The third-order valence-corrected chi connectivity index (χ3v) is 6.90. The lowest BCUT2D eigenvalue weighted by atomic mass is 9.81. The van der Waals surface area contributed by atoms with Gasteiger partial charge in [0, 0.05) is 18.8 Å². The van der Waals surface area contributed by atoms with Crippen molar-refractivity contribution in [3.05, 3.63) is 66.2 Å². The van der Waals surface area contributed by atoms with Gasteiger partial charge in [0.15, 0.2) is 0 Å². The lowest BCUT2D eigenvalue weighted by Crippen LogP contribution is -2.48. The smallest absolute Gasteiger partial charge is 0.334 e. The summed E-state index contributed by atoms with van der Waals surface area (Å²) in [6, 6.07) is 11.9. The molecule has 2 aliphatic rings. The van der Waals surface area contributed by atoms with Crippen LogP contribution < -0.4 is 4.90 Å². The number of benzene rings is 1. The molecule has 1 spiro atoms. The number of carbonyl (C=O) groups excluding carboxylic acids is 1. The molecule has 6 nitrogen and oxygen atoms in total. The van der Waals surface area contributed by atoms with E-state index in [-0.39, 0.29) is 11.6 Å². The van der Waals surface area contributed by atoms with Crippen molar-refractivity contribution >= 4 is 11.7 Å². The standard InChI is InChI=1S/C25H26F3N5O/c1-31-15-19(30-22(31)18-8-4-2-5-9-18)16-33-23(34)32(17-24(33)12-6-3-7-13-24)20-10-11-21(29-14-20)25(26,27)28/h2,4-5,8-11,14-15H,3,6-7,12-13,16-17H2,1H3. The molecule has 0 radical (unpaired) electrons. The van der Waals surface area contributed by atoms with Crippen LogP contribution in [0.1, 0.15) is 43.5 Å². The van der Waals surface area contributed by atoms with Crippen LogP contribution in [0.2, 0.25) is 0 Å². The van der Waals surface area contributed by atoms with E-state index in [0.29, 0.717) is 18.8 Å². The van der Waals surface area contributed by atoms with Gasteiger partial charge in [-0.15, -0.1) is 0 Å². The predicted octanol–water partition coefficient (Wildman–Crippen LogP) is 5.65. The number of nitrogens with zero attached hydrogens (tertiary/aromatic N) is 5. The van der Waals surface area contributed by atoms with Crippen molar-refractivity contribution in [3.8, 4) is 11.4 Å². The number of aromatic nitrogens is 3. The van der Waals surface area contributed by atoms with Gasteiger partial charge in [0.25, 0.3) is 0 Å². The molecule has 1 aromatic carbocycles. The van der Waals surface area contributed by atoms with Crippen molar-refractivity contribution in [2.24, 2.45) is 7.05 Å². The third-order valence-electron chi connectivity index (χ3n) is 6.90. The van der Waals surface area contributed by atoms with Crippen LogP contribution in [0.4, 0.5) is 23.7 Å². The molecular weight excluding hydrogens is 443 g/mol. The highest BCUT2D eigenvalue weighted by Crippen LogP contribution is 2.42. The summed E-state index contributed by atoms with van der Waals surface area (Å²) in [5, 5.41) is 0. The molecule has 0 bridgehead atoms. The highest BCUT2D eigenvalue weighted by molar-refractivity contribution is 5.95. The van der Waals surface area contributed by atoms with E-state index in [2.05, 4.69) is 4.98 Å². The number of amides is 2. The molecule has 2 aromatic heterocycles. The molecule has 1 aliphatic heterocycles. The quantitative estimate of drug-likeness (QED) is 0.497. The Morgan fingerprint density at radius 3 is 2.41 bits per heavy atom. The molecule has 0 unspecified atom stereocenters. The third kappa shape index (κ3) is 4.03. The molecule has 1 aliphatic carbocycles. The lowest BCUT2D eigenvalue weighted by molar-refractivity contribution is -0.141. The van der Waals surface area contributed by atoms with Gasteiger partial charge in [-0.1, -0.05) is 49.6 Å². The molecule has 9 heteroatoms. The van der Waals surface area contributed by atoms with Crippen molar-refractivity contribution in [2.45, 2.75) is 50.4 Å². The Morgan fingerprint density at radius 2 is 1.76 bits per heavy atom. The molecule has 2 amide bonds. The molecular formula is C25H26F3N5O. The van der Waals surface area contributed by atoms with Crippen LogP contribution >= 0.6 is 0 Å². The molecule has 5 rings (SSSR count). The Morgan fingerprint density at radius 1 is 1.03 bits per heavy atom. The maximum absolute atomic E-state index is 13.6. The van der Waals surface area contributed by atoms with Crippen LogP contribution in [-0.2, 0) is 19.8 Å². The first-order valence-electron chi connectivity index (χ1n) is 11.5. The van der Waals surface area contributed by atoms with E-state index in [1.807, 2.05) is 53.0 Å². The van der Waals surface area contributed by atoms with E-state index >= 15 is 0 Å². The van der Waals surface area contributed by atoms with Crippen molar-refractivity contribution in [2.75, 3.05) is 11.4 Å². The molecule has 3 heterocycles. The SMILES string of the molecule is Cn1cc(CN2C(=O)N(c3ccc(C(F)(F)F)nc3)CC23CCCCC3)nc1-c1ccccc1. The van der Waals surface area contributed by atoms with Crippen molar-refractivity contribution in [3.63, 3.8) is 0 Å². The fourth-order valence-corrected chi connectivity index (χ4v) is 5.21. The van der Waals surface area contributed by atoms with Gasteiger partial charge in [-0.3, -0.25) is 4.90 Å².